The Morgan fingerprint density at radius 3 is 2.11 bits per heavy atom. The molecule has 6 nitrogen and oxygen atoms in total. The summed E-state index contributed by atoms with van der Waals surface area (Å²) in [4.78, 5) is 23.9. The van der Waals surface area contributed by atoms with Gasteiger partial charge in [-0.25, -0.2) is 8.42 Å². The molecule has 0 bridgehead atoms. The van der Waals surface area contributed by atoms with Gasteiger partial charge in [0.25, 0.3) is 0 Å². The lowest BCUT2D eigenvalue weighted by molar-refractivity contribution is -0.156. The zero-order valence-corrected chi connectivity index (χ0v) is 16.5. The van der Waals surface area contributed by atoms with Gasteiger partial charge >= 0.3 is 5.97 Å². The van der Waals surface area contributed by atoms with Crippen LogP contribution in [-0.4, -0.2) is 43.7 Å². The van der Waals surface area contributed by atoms with E-state index in [9.17, 15) is 18.0 Å². The lowest BCUT2D eigenvalue weighted by atomic mass is 9.96. The lowest BCUT2D eigenvalue weighted by Gasteiger charge is -2.31. The molecular weight excluding hydrogens is 366 g/mol. The smallest absolute Gasteiger partial charge is 0.309 e. The van der Waals surface area contributed by atoms with E-state index in [2.05, 4.69) is 0 Å². The number of hydrogen-bond acceptors (Lipinski definition) is 5. The van der Waals surface area contributed by atoms with Crippen molar-refractivity contribution in [3.8, 4) is 0 Å². The molecule has 1 aromatic rings. The zero-order chi connectivity index (χ0) is 19.4. The molecule has 7 heteroatoms. The second-order valence-corrected chi connectivity index (χ2v) is 9.39. The van der Waals surface area contributed by atoms with Crippen LogP contribution in [0, 0.1) is 5.92 Å². The van der Waals surface area contributed by atoms with Gasteiger partial charge in [-0.1, -0.05) is 18.6 Å². The van der Waals surface area contributed by atoms with Crippen molar-refractivity contribution in [1.82, 2.24) is 4.31 Å². The fourth-order valence-electron chi connectivity index (χ4n) is 3.79. The Morgan fingerprint density at radius 2 is 1.56 bits per heavy atom. The van der Waals surface area contributed by atoms with E-state index in [-0.39, 0.29) is 28.7 Å². The lowest BCUT2D eigenvalue weighted by Crippen LogP contribution is -2.41. The number of Topliss-reactive ketones (excluding diaryl/α,β-unsaturated/α-hetero) is 1. The largest absolute Gasteiger partial charge is 0.462 e. The first-order valence-electron chi connectivity index (χ1n) is 9.69. The van der Waals surface area contributed by atoms with E-state index >= 15 is 0 Å². The molecule has 27 heavy (non-hydrogen) atoms. The highest BCUT2D eigenvalue weighted by Gasteiger charge is 2.33. The van der Waals surface area contributed by atoms with Gasteiger partial charge in [0.1, 0.15) is 6.10 Å². The predicted molar refractivity (Wildman–Crippen MR) is 101 cm³/mol. The van der Waals surface area contributed by atoms with Crippen molar-refractivity contribution in [2.45, 2.75) is 62.9 Å². The average Bonchev–Trinajstić information content (AvgIpc) is 2.69. The van der Waals surface area contributed by atoms with Gasteiger partial charge in [-0.3, -0.25) is 9.59 Å². The van der Waals surface area contributed by atoms with Crippen LogP contribution in [-0.2, 0) is 19.6 Å². The van der Waals surface area contributed by atoms with Gasteiger partial charge in [-0.05, 0) is 57.6 Å². The summed E-state index contributed by atoms with van der Waals surface area (Å²) in [6.07, 6.45) is 6.30. The Morgan fingerprint density at radius 1 is 0.963 bits per heavy atom. The SMILES string of the molecule is CC(=O)c1ccc(S(=O)(=O)N2CCC(C(=O)OC3CCCCC3)CC2)cc1. The maximum atomic E-state index is 12.8. The molecule has 3 rings (SSSR count). The minimum absolute atomic E-state index is 0.0350. The number of piperidine rings is 1. The summed E-state index contributed by atoms with van der Waals surface area (Å²) >= 11 is 0. The van der Waals surface area contributed by atoms with Crippen LogP contribution >= 0.6 is 0 Å². The summed E-state index contributed by atoms with van der Waals surface area (Å²) < 4.78 is 32.6. The first kappa shape index (κ1) is 20.0. The van der Waals surface area contributed by atoms with Crippen LogP contribution in [0.4, 0.5) is 0 Å². The number of esters is 1. The van der Waals surface area contributed by atoms with Crippen molar-refractivity contribution >= 4 is 21.8 Å². The Hall–Kier alpha value is -1.73. The number of sulfonamides is 1. The molecule has 1 aliphatic carbocycles. The van der Waals surface area contributed by atoms with Crippen LogP contribution in [0.5, 0.6) is 0 Å². The molecule has 0 atom stereocenters. The molecule has 1 saturated carbocycles. The van der Waals surface area contributed by atoms with Crippen molar-refractivity contribution in [1.29, 1.82) is 0 Å². The van der Waals surface area contributed by atoms with E-state index in [0.717, 1.165) is 25.7 Å². The molecule has 0 aromatic heterocycles. The van der Waals surface area contributed by atoms with Crippen LogP contribution < -0.4 is 0 Å². The summed E-state index contributed by atoms with van der Waals surface area (Å²) in [7, 11) is -3.61. The number of carbonyl (C=O) groups excluding carboxylic acids is 2. The zero-order valence-electron chi connectivity index (χ0n) is 15.7. The van der Waals surface area contributed by atoms with Gasteiger partial charge in [0.15, 0.2) is 5.78 Å². The number of carbonyl (C=O) groups is 2. The first-order chi connectivity index (χ1) is 12.9. The molecule has 1 saturated heterocycles. The van der Waals surface area contributed by atoms with E-state index < -0.39 is 10.0 Å². The maximum Gasteiger partial charge on any atom is 0.309 e. The minimum Gasteiger partial charge on any atom is -0.462 e. The third kappa shape index (κ3) is 4.76. The number of nitrogens with zero attached hydrogens (tertiary/aromatic N) is 1. The van der Waals surface area contributed by atoms with Crippen molar-refractivity contribution in [3.63, 3.8) is 0 Å². The second-order valence-electron chi connectivity index (χ2n) is 7.46. The quantitative estimate of drug-likeness (QED) is 0.567. The monoisotopic (exact) mass is 393 g/mol. The average molecular weight is 394 g/mol. The standard InChI is InChI=1S/C20H27NO5S/c1-15(22)16-7-9-19(10-8-16)27(24,25)21-13-11-17(12-14-21)20(23)26-18-5-3-2-4-6-18/h7-10,17-18H,2-6,11-14H2,1H3. The van der Waals surface area contributed by atoms with Gasteiger partial charge in [-0.2, -0.15) is 4.31 Å². The minimum atomic E-state index is -3.61. The fourth-order valence-corrected chi connectivity index (χ4v) is 5.26. The fraction of sp³-hybridized carbons (Fsp3) is 0.600. The topological polar surface area (TPSA) is 80.8 Å². The number of hydrogen-bond donors (Lipinski definition) is 0. The molecule has 2 aliphatic rings. The Labute approximate surface area is 160 Å². The molecule has 0 spiro atoms. The highest BCUT2D eigenvalue weighted by Crippen LogP contribution is 2.27. The van der Waals surface area contributed by atoms with Crippen LogP contribution in [0.2, 0.25) is 0 Å². The van der Waals surface area contributed by atoms with E-state index in [4.69, 9.17) is 4.74 Å². The summed E-state index contributed by atoms with van der Waals surface area (Å²) in [5.74, 6) is -0.500. The second kappa shape index (κ2) is 8.52. The molecule has 0 unspecified atom stereocenters. The summed E-state index contributed by atoms with van der Waals surface area (Å²) in [5.41, 5.74) is 0.484. The van der Waals surface area contributed by atoms with Crippen LogP contribution in [0.15, 0.2) is 29.2 Å². The van der Waals surface area contributed by atoms with Gasteiger partial charge in [0.05, 0.1) is 10.8 Å². The number of ketones is 1. The van der Waals surface area contributed by atoms with Crippen molar-refractivity contribution in [3.05, 3.63) is 29.8 Å². The maximum absolute atomic E-state index is 12.8. The molecule has 1 aliphatic heterocycles. The molecule has 1 aromatic carbocycles. The predicted octanol–water partition coefficient (Wildman–Crippen LogP) is 3.17. The molecule has 0 radical (unpaired) electrons. The van der Waals surface area contributed by atoms with Gasteiger partial charge in [0, 0.05) is 18.7 Å². The molecule has 0 amide bonds. The van der Waals surface area contributed by atoms with Crippen molar-refractivity contribution < 1.29 is 22.7 Å². The van der Waals surface area contributed by atoms with Crippen LogP contribution in [0.3, 0.4) is 0 Å². The molecule has 1 heterocycles. The summed E-state index contributed by atoms with van der Waals surface area (Å²) in [5, 5.41) is 0. The van der Waals surface area contributed by atoms with Crippen LogP contribution in [0.1, 0.15) is 62.2 Å². The molecule has 148 valence electrons. The third-order valence-corrected chi connectivity index (χ3v) is 7.43. The number of ether oxygens (including phenoxy) is 1. The van der Waals surface area contributed by atoms with Crippen molar-refractivity contribution in [2.75, 3.05) is 13.1 Å². The number of benzene rings is 1. The highest BCUT2D eigenvalue weighted by molar-refractivity contribution is 7.89. The number of rotatable bonds is 5. The molecule has 2 fully saturated rings. The van der Waals surface area contributed by atoms with Crippen LogP contribution in [0.25, 0.3) is 0 Å². The molecular formula is C20H27NO5S. The highest BCUT2D eigenvalue weighted by atomic mass is 32.2. The van der Waals surface area contributed by atoms with Gasteiger partial charge < -0.3 is 4.74 Å². The van der Waals surface area contributed by atoms with E-state index in [1.165, 1.54) is 41.9 Å². The summed E-state index contributed by atoms with van der Waals surface area (Å²) in [6, 6.07) is 6.00. The Bertz CT molecular complexity index is 773. The van der Waals surface area contributed by atoms with E-state index in [1.807, 2.05) is 0 Å². The third-order valence-electron chi connectivity index (χ3n) is 5.52. The molecule has 0 N–H and O–H groups in total. The first-order valence-corrected chi connectivity index (χ1v) is 11.1. The Kier molecular flexibility index (Phi) is 6.32. The van der Waals surface area contributed by atoms with Crippen molar-refractivity contribution in [2.24, 2.45) is 5.92 Å². The van der Waals surface area contributed by atoms with Gasteiger partial charge in [-0.15, -0.1) is 0 Å². The summed E-state index contributed by atoms with van der Waals surface area (Å²) in [6.45, 7) is 2.06. The van der Waals surface area contributed by atoms with Gasteiger partial charge in [0.2, 0.25) is 10.0 Å². The van der Waals surface area contributed by atoms with E-state index in [0.29, 0.717) is 31.5 Å². The Balaban J connectivity index is 1.57. The van der Waals surface area contributed by atoms with E-state index in [1.54, 1.807) is 0 Å². The normalized spacial score (nSPS) is 20.3.